The first-order chi connectivity index (χ1) is 18.2. The molecule has 0 saturated heterocycles. The smallest absolute Gasteiger partial charge is 0.450 e. The minimum absolute atomic E-state index is 0.0312. The number of rotatable bonds is 3. The number of aliphatic imine (C=N–C) groups is 1. The highest BCUT2D eigenvalue weighted by molar-refractivity contribution is 5.80. The fraction of sp³-hybridized carbons (Fsp3) is 0.273. The predicted molar refractivity (Wildman–Crippen MR) is 113 cm³/mol. The molecule has 3 aromatic rings. The highest BCUT2D eigenvalue weighted by atomic mass is 19.4. The van der Waals surface area contributed by atoms with Crippen molar-refractivity contribution in [2.45, 2.75) is 37.3 Å². The SMILES string of the molecule is C[C@@]1(c2cc(-c3cc(-c4ncc(C#N)cn4)no3)ccc2F)C[C@@H](C(F)(F)F)OC(NOC(=O)C(F)(F)F)=N1. The molecule has 1 aromatic carbocycles. The van der Waals surface area contributed by atoms with Gasteiger partial charge in [-0.05, 0) is 25.1 Å². The van der Waals surface area contributed by atoms with Crippen molar-refractivity contribution in [1.82, 2.24) is 20.6 Å². The van der Waals surface area contributed by atoms with Crippen LogP contribution in [0.4, 0.5) is 30.7 Å². The Morgan fingerprint density at radius 3 is 2.49 bits per heavy atom. The van der Waals surface area contributed by atoms with Gasteiger partial charge in [-0.1, -0.05) is 5.16 Å². The number of benzene rings is 1. The fourth-order valence-corrected chi connectivity index (χ4v) is 3.51. The lowest BCUT2D eigenvalue weighted by atomic mass is 9.84. The number of halogens is 7. The van der Waals surface area contributed by atoms with Crippen LogP contribution in [0.15, 0.2) is 46.2 Å². The number of ether oxygens (including phenoxy) is 1. The van der Waals surface area contributed by atoms with Gasteiger partial charge in [-0.2, -0.15) is 37.1 Å². The van der Waals surface area contributed by atoms with Crippen molar-refractivity contribution in [3.05, 3.63) is 53.6 Å². The van der Waals surface area contributed by atoms with Crippen LogP contribution in [0.3, 0.4) is 0 Å². The summed E-state index contributed by atoms with van der Waals surface area (Å²) in [5.74, 6) is -3.66. The zero-order chi connectivity index (χ0) is 28.6. The second-order valence-corrected chi connectivity index (χ2v) is 8.21. The molecule has 39 heavy (non-hydrogen) atoms. The van der Waals surface area contributed by atoms with Gasteiger partial charge in [0.25, 0.3) is 0 Å². The first-order valence-corrected chi connectivity index (χ1v) is 10.6. The summed E-state index contributed by atoms with van der Waals surface area (Å²) in [4.78, 5) is 26.4. The van der Waals surface area contributed by atoms with Gasteiger partial charge in [0.2, 0.25) is 0 Å². The number of aromatic nitrogens is 3. The van der Waals surface area contributed by atoms with Crippen LogP contribution in [0.25, 0.3) is 22.8 Å². The number of nitriles is 1. The van der Waals surface area contributed by atoms with Gasteiger partial charge in [0.15, 0.2) is 23.4 Å². The lowest BCUT2D eigenvalue weighted by Gasteiger charge is -2.36. The third-order valence-electron chi connectivity index (χ3n) is 5.36. The summed E-state index contributed by atoms with van der Waals surface area (Å²) in [7, 11) is 0. The molecule has 0 spiro atoms. The minimum Gasteiger partial charge on any atom is -0.450 e. The number of hydrogen-bond acceptors (Lipinski definition) is 10. The standard InChI is InChI=1S/C22H13F7N6O4/c1-20(6-16(21(24,25)26)37-19(33-20)35-39-18(36)22(27,28)29)12-4-11(2-3-13(12)23)15-5-14(34-38-15)17-31-8-10(7-30)9-32-17/h2-5,8-9,16H,6H2,1H3,(H,33,35)/t16-,20-/m0/s1. The summed E-state index contributed by atoms with van der Waals surface area (Å²) in [5, 5.41) is 12.6. The molecule has 1 N–H and O–H groups in total. The van der Waals surface area contributed by atoms with E-state index in [0.29, 0.717) is 0 Å². The summed E-state index contributed by atoms with van der Waals surface area (Å²) in [6.45, 7) is 1.08. The van der Waals surface area contributed by atoms with Crippen molar-refractivity contribution < 1.29 is 49.6 Å². The van der Waals surface area contributed by atoms with Gasteiger partial charge in [0, 0.05) is 36.0 Å². The predicted octanol–water partition coefficient (Wildman–Crippen LogP) is 4.34. The Balaban J connectivity index is 1.69. The maximum atomic E-state index is 14.9. The molecule has 0 radical (unpaired) electrons. The molecule has 0 fully saturated rings. The third kappa shape index (κ3) is 5.89. The number of nitrogens with one attached hydrogen (secondary N) is 1. The third-order valence-corrected chi connectivity index (χ3v) is 5.36. The van der Waals surface area contributed by atoms with E-state index in [1.807, 2.05) is 6.07 Å². The molecule has 1 aliphatic rings. The molecule has 3 heterocycles. The van der Waals surface area contributed by atoms with Crippen LogP contribution in [0.1, 0.15) is 24.5 Å². The Morgan fingerprint density at radius 1 is 1.18 bits per heavy atom. The Hall–Kier alpha value is -4.75. The average molecular weight is 558 g/mol. The Kier molecular flexibility index (Phi) is 6.89. The van der Waals surface area contributed by atoms with E-state index in [-0.39, 0.29) is 28.4 Å². The summed E-state index contributed by atoms with van der Waals surface area (Å²) in [6, 6.07) is 5.24. The molecule has 2 atom stereocenters. The van der Waals surface area contributed by atoms with Crippen molar-refractivity contribution in [3.8, 4) is 28.9 Å². The molecule has 204 valence electrons. The molecular formula is C22H13F7N6O4. The van der Waals surface area contributed by atoms with Crippen molar-refractivity contribution >= 4 is 12.0 Å². The first kappa shape index (κ1) is 27.3. The van der Waals surface area contributed by atoms with Crippen LogP contribution in [-0.4, -0.2) is 45.6 Å². The molecule has 17 heteroatoms. The van der Waals surface area contributed by atoms with Crippen LogP contribution in [0, 0.1) is 17.1 Å². The number of amidine groups is 1. The fourth-order valence-electron chi connectivity index (χ4n) is 3.51. The summed E-state index contributed by atoms with van der Waals surface area (Å²) < 4.78 is 103. The maximum Gasteiger partial charge on any atom is 0.493 e. The normalized spacial score (nSPS) is 19.5. The number of hydrogen-bond donors (Lipinski definition) is 1. The van der Waals surface area contributed by atoms with E-state index in [4.69, 9.17) is 9.78 Å². The monoisotopic (exact) mass is 558 g/mol. The Morgan fingerprint density at radius 2 is 1.87 bits per heavy atom. The van der Waals surface area contributed by atoms with Crippen molar-refractivity contribution in [2.75, 3.05) is 0 Å². The number of nitrogens with zero attached hydrogens (tertiary/aromatic N) is 5. The lowest BCUT2D eigenvalue weighted by Crippen LogP contribution is -2.48. The number of carbonyl (C=O) groups is 1. The van der Waals surface area contributed by atoms with E-state index in [1.165, 1.54) is 30.0 Å². The van der Waals surface area contributed by atoms with Crippen LogP contribution in [-0.2, 0) is 19.9 Å². The highest BCUT2D eigenvalue weighted by Crippen LogP contribution is 2.42. The van der Waals surface area contributed by atoms with Crippen molar-refractivity contribution in [3.63, 3.8) is 0 Å². The molecule has 0 amide bonds. The zero-order valence-corrected chi connectivity index (χ0v) is 19.3. The van der Waals surface area contributed by atoms with E-state index in [1.54, 1.807) is 0 Å². The molecule has 0 bridgehead atoms. The lowest BCUT2D eigenvalue weighted by molar-refractivity contribution is -0.215. The van der Waals surface area contributed by atoms with E-state index in [2.05, 4.69) is 29.7 Å². The van der Waals surface area contributed by atoms with Crippen LogP contribution in [0.2, 0.25) is 0 Å². The van der Waals surface area contributed by atoms with Crippen LogP contribution in [0.5, 0.6) is 0 Å². The number of carbonyl (C=O) groups excluding carboxylic acids is 1. The van der Waals surface area contributed by atoms with Gasteiger partial charge in [-0.3, -0.25) is 0 Å². The van der Waals surface area contributed by atoms with Gasteiger partial charge in [0.1, 0.15) is 11.9 Å². The Labute approximate surface area is 213 Å². The van der Waals surface area contributed by atoms with E-state index in [0.717, 1.165) is 19.1 Å². The van der Waals surface area contributed by atoms with E-state index in [9.17, 15) is 35.5 Å². The zero-order valence-electron chi connectivity index (χ0n) is 19.3. The molecule has 10 nitrogen and oxygen atoms in total. The van der Waals surface area contributed by atoms with Gasteiger partial charge < -0.3 is 14.1 Å². The topological polar surface area (TPSA) is 136 Å². The van der Waals surface area contributed by atoms with Gasteiger partial charge in [0.05, 0.1) is 11.1 Å². The molecule has 1 aliphatic heterocycles. The van der Waals surface area contributed by atoms with Gasteiger partial charge >= 0.3 is 24.3 Å². The second kappa shape index (κ2) is 9.85. The summed E-state index contributed by atoms with van der Waals surface area (Å²) in [5.41, 5.74) is -0.690. The molecular weight excluding hydrogens is 545 g/mol. The number of alkyl halides is 6. The highest BCUT2D eigenvalue weighted by Gasteiger charge is 2.51. The number of hydroxylamine groups is 1. The Bertz CT molecular complexity index is 1460. The van der Waals surface area contributed by atoms with E-state index < -0.39 is 53.8 Å². The molecule has 2 aromatic heterocycles. The minimum atomic E-state index is -5.46. The van der Waals surface area contributed by atoms with Crippen molar-refractivity contribution in [2.24, 2.45) is 4.99 Å². The molecule has 0 unspecified atom stereocenters. The van der Waals surface area contributed by atoms with Gasteiger partial charge in [-0.25, -0.2) is 24.1 Å². The summed E-state index contributed by atoms with van der Waals surface area (Å²) >= 11 is 0. The van der Waals surface area contributed by atoms with Crippen LogP contribution < -0.4 is 5.48 Å². The largest absolute Gasteiger partial charge is 0.493 e. The van der Waals surface area contributed by atoms with Crippen molar-refractivity contribution in [1.29, 1.82) is 5.26 Å². The summed E-state index contributed by atoms with van der Waals surface area (Å²) in [6.07, 6.45) is -11.7. The molecule has 0 saturated carbocycles. The van der Waals surface area contributed by atoms with E-state index >= 15 is 0 Å². The maximum absolute atomic E-state index is 14.9. The second-order valence-electron chi connectivity index (χ2n) is 8.21. The first-order valence-electron chi connectivity index (χ1n) is 10.6. The molecule has 0 aliphatic carbocycles. The van der Waals surface area contributed by atoms with Crippen LogP contribution >= 0.6 is 0 Å². The van der Waals surface area contributed by atoms with Gasteiger partial charge in [-0.15, -0.1) is 0 Å². The quantitative estimate of drug-likeness (QED) is 0.368. The average Bonchev–Trinajstić information content (AvgIpc) is 3.36. The molecule has 4 rings (SSSR count).